The van der Waals surface area contributed by atoms with Crippen molar-refractivity contribution in [3.05, 3.63) is 57.9 Å². The number of halogens is 3. The lowest BCUT2D eigenvalue weighted by molar-refractivity contribution is 0.0712. The van der Waals surface area contributed by atoms with E-state index >= 15 is 0 Å². The first-order valence-electron chi connectivity index (χ1n) is 8.73. The van der Waals surface area contributed by atoms with Crippen LogP contribution >= 0.6 is 27.5 Å². The van der Waals surface area contributed by atoms with Crippen LogP contribution in [0.5, 0.6) is 0 Å². The third-order valence-electron chi connectivity index (χ3n) is 4.74. The monoisotopic (exact) mass is 499 g/mol. The van der Waals surface area contributed by atoms with Crippen molar-refractivity contribution in [1.29, 1.82) is 0 Å². The van der Waals surface area contributed by atoms with Gasteiger partial charge in [-0.2, -0.15) is 0 Å². The Kier molecular flexibility index (Phi) is 5.52. The van der Waals surface area contributed by atoms with Gasteiger partial charge in [0.15, 0.2) is 0 Å². The molecule has 6 nitrogen and oxygen atoms in total. The fourth-order valence-electron chi connectivity index (χ4n) is 3.10. The van der Waals surface area contributed by atoms with Crippen LogP contribution in [0.4, 0.5) is 4.39 Å². The minimum atomic E-state index is -3.85. The summed E-state index contributed by atoms with van der Waals surface area (Å²) in [6, 6.07) is 8.97. The van der Waals surface area contributed by atoms with Gasteiger partial charge in [0, 0.05) is 17.2 Å². The minimum absolute atomic E-state index is 0.0642. The van der Waals surface area contributed by atoms with Gasteiger partial charge in [-0.1, -0.05) is 17.7 Å². The van der Waals surface area contributed by atoms with Crippen molar-refractivity contribution >= 4 is 37.6 Å². The zero-order chi connectivity index (χ0) is 20.8. The number of H-pyrrole nitrogens is 1. The van der Waals surface area contributed by atoms with E-state index in [0.717, 1.165) is 0 Å². The number of nitrogens with one attached hydrogen (secondary N) is 2. The second-order valence-electron chi connectivity index (χ2n) is 6.86. The van der Waals surface area contributed by atoms with Crippen LogP contribution in [0.15, 0.2) is 52.0 Å². The van der Waals surface area contributed by atoms with Crippen LogP contribution in [0.25, 0.3) is 22.6 Å². The second-order valence-corrected chi connectivity index (χ2v) is 9.81. The highest BCUT2D eigenvalue weighted by Crippen LogP contribution is 2.30. The van der Waals surface area contributed by atoms with Gasteiger partial charge in [0.05, 0.1) is 27.5 Å². The molecule has 0 bridgehead atoms. The van der Waals surface area contributed by atoms with Crippen LogP contribution in [-0.4, -0.2) is 35.6 Å². The summed E-state index contributed by atoms with van der Waals surface area (Å²) in [7, 11) is -3.85. The van der Waals surface area contributed by atoms with E-state index in [2.05, 4.69) is 30.6 Å². The van der Waals surface area contributed by atoms with Gasteiger partial charge in [-0.3, -0.25) is 0 Å². The Hall–Kier alpha value is -1.78. The predicted molar refractivity (Wildman–Crippen MR) is 111 cm³/mol. The van der Waals surface area contributed by atoms with Crippen molar-refractivity contribution in [3.63, 3.8) is 0 Å². The molecule has 0 spiro atoms. The van der Waals surface area contributed by atoms with E-state index in [1.54, 1.807) is 24.4 Å². The van der Waals surface area contributed by atoms with E-state index in [1.165, 1.54) is 18.2 Å². The number of benzene rings is 2. The Morgan fingerprint density at radius 1 is 1.21 bits per heavy atom. The molecule has 1 saturated carbocycles. The number of aliphatic hydroxyl groups is 1. The van der Waals surface area contributed by atoms with E-state index in [9.17, 15) is 17.9 Å². The Morgan fingerprint density at radius 2 is 1.93 bits per heavy atom. The van der Waals surface area contributed by atoms with Crippen LogP contribution in [0.2, 0.25) is 5.02 Å². The molecule has 0 radical (unpaired) electrons. The average molecular weight is 501 g/mol. The van der Waals surface area contributed by atoms with Gasteiger partial charge >= 0.3 is 0 Å². The molecule has 10 heteroatoms. The van der Waals surface area contributed by atoms with Crippen molar-refractivity contribution in [3.8, 4) is 22.6 Å². The van der Waals surface area contributed by atoms with Gasteiger partial charge < -0.3 is 10.1 Å². The van der Waals surface area contributed by atoms with Gasteiger partial charge in [-0.05, 0) is 59.1 Å². The SMILES string of the molecule is O=S(=O)(NC1CC(O)C1)c1cc(-c2ncc(-c3ccc(Br)c(F)c3)[nH]2)ccc1Cl. The lowest BCUT2D eigenvalue weighted by Crippen LogP contribution is -2.46. The number of rotatable bonds is 5. The highest BCUT2D eigenvalue weighted by atomic mass is 79.9. The van der Waals surface area contributed by atoms with E-state index in [4.69, 9.17) is 11.6 Å². The molecule has 0 amide bonds. The highest BCUT2D eigenvalue weighted by Gasteiger charge is 2.32. The third-order valence-corrected chi connectivity index (χ3v) is 7.38. The summed E-state index contributed by atoms with van der Waals surface area (Å²) in [6.45, 7) is 0. The summed E-state index contributed by atoms with van der Waals surface area (Å²) in [4.78, 5) is 7.30. The molecule has 3 N–H and O–H groups in total. The molecule has 0 saturated heterocycles. The van der Waals surface area contributed by atoms with Gasteiger partial charge in [-0.25, -0.2) is 22.5 Å². The fraction of sp³-hybridized carbons (Fsp3) is 0.211. The standard InChI is InChI=1S/C19H16BrClFN3O3S/c20-14-3-1-10(5-16(14)22)17-9-23-19(24-17)11-2-4-15(21)18(6-11)29(27,28)25-12-7-13(26)8-12/h1-6,9,12-13,25-26H,7-8H2,(H,23,24). The molecule has 152 valence electrons. The maximum Gasteiger partial charge on any atom is 0.242 e. The summed E-state index contributed by atoms with van der Waals surface area (Å²) in [5.74, 6) is 0.0289. The molecular formula is C19H16BrClFN3O3S. The van der Waals surface area contributed by atoms with E-state index < -0.39 is 21.9 Å². The summed E-state index contributed by atoms with van der Waals surface area (Å²) in [6.07, 6.45) is 1.83. The molecule has 2 aromatic carbocycles. The van der Waals surface area contributed by atoms with Gasteiger partial charge in [-0.15, -0.1) is 0 Å². The zero-order valence-corrected chi connectivity index (χ0v) is 18.0. The molecule has 1 fully saturated rings. The first-order chi connectivity index (χ1) is 13.7. The molecule has 1 aliphatic carbocycles. The maximum atomic E-state index is 13.8. The number of imidazole rings is 1. The molecule has 1 aliphatic rings. The molecule has 0 unspecified atom stereocenters. The maximum absolute atomic E-state index is 13.8. The van der Waals surface area contributed by atoms with E-state index in [0.29, 0.717) is 40.0 Å². The topological polar surface area (TPSA) is 95.1 Å². The Labute approximate surface area is 180 Å². The van der Waals surface area contributed by atoms with E-state index in [-0.39, 0.29) is 16.0 Å². The molecule has 1 aromatic heterocycles. The Bertz CT molecular complexity index is 1180. The first kappa shape index (κ1) is 20.5. The molecule has 1 heterocycles. The van der Waals surface area contributed by atoms with Crippen LogP contribution in [0.1, 0.15) is 12.8 Å². The Morgan fingerprint density at radius 3 is 2.62 bits per heavy atom. The summed E-state index contributed by atoms with van der Waals surface area (Å²) in [5.41, 5.74) is 1.72. The lowest BCUT2D eigenvalue weighted by Gasteiger charge is -2.31. The average Bonchev–Trinajstić information content (AvgIpc) is 3.13. The Balaban J connectivity index is 1.64. The number of aromatic amines is 1. The quantitative estimate of drug-likeness (QED) is 0.491. The summed E-state index contributed by atoms with van der Waals surface area (Å²) < 4.78 is 42.1. The number of aliphatic hydroxyl groups excluding tert-OH is 1. The lowest BCUT2D eigenvalue weighted by atomic mass is 9.91. The molecular weight excluding hydrogens is 485 g/mol. The fourth-order valence-corrected chi connectivity index (χ4v) is 5.14. The van der Waals surface area contributed by atoms with Crippen molar-refractivity contribution in [1.82, 2.24) is 14.7 Å². The molecule has 0 atom stereocenters. The molecule has 3 aromatic rings. The minimum Gasteiger partial charge on any atom is -0.393 e. The number of aromatic nitrogens is 2. The normalized spacial score (nSPS) is 19.2. The highest BCUT2D eigenvalue weighted by molar-refractivity contribution is 9.10. The van der Waals surface area contributed by atoms with Crippen LogP contribution in [-0.2, 0) is 10.0 Å². The van der Waals surface area contributed by atoms with Crippen LogP contribution < -0.4 is 4.72 Å². The number of hydrogen-bond acceptors (Lipinski definition) is 4. The van der Waals surface area contributed by atoms with Crippen molar-refractivity contribution in [2.45, 2.75) is 29.9 Å². The zero-order valence-electron chi connectivity index (χ0n) is 14.9. The summed E-state index contributed by atoms with van der Waals surface area (Å²) >= 11 is 9.25. The smallest absolute Gasteiger partial charge is 0.242 e. The second kappa shape index (κ2) is 7.81. The number of sulfonamides is 1. The number of hydrogen-bond donors (Lipinski definition) is 3. The largest absolute Gasteiger partial charge is 0.393 e. The van der Waals surface area contributed by atoms with Crippen molar-refractivity contribution in [2.24, 2.45) is 0 Å². The van der Waals surface area contributed by atoms with Gasteiger partial charge in [0.1, 0.15) is 16.5 Å². The third kappa shape index (κ3) is 4.24. The summed E-state index contributed by atoms with van der Waals surface area (Å²) in [5, 5.41) is 9.45. The predicted octanol–water partition coefficient (Wildman–Crippen LogP) is 4.10. The van der Waals surface area contributed by atoms with Crippen molar-refractivity contribution < 1.29 is 17.9 Å². The van der Waals surface area contributed by atoms with Crippen LogP contribution in [0.3, 0.4) is 0 Å². The molecule has 0 aliphatic heterocycles. The number of nitrogens with zero attached hydrogens (tertiary/aromatic N) is 1. The van der Waals surface area contributed by atoms with Gasteiger partial charge in [0.2, 0.25) is 10.0 Å². The molecule has 29 heavy (non-hydrogen) atoms. The molecule has 4 rings (SSSR count). The van der Waals surface area contributed by atoms with Gasteiger partial charge in [0.25, 0.3) is 0 Å². The van der Waals surface area contributed by atoms with Crippen LogP contribution in [0, 0.1) is 5.82 Å². The first-order valence-corrected chi connectivity index (χ1v) is 11.4. The van der Waals surface area contributed by atoms with E-state index in [1.807, 2.05) is 0 Å². The van der Waals surface area contributed by atoms with Crippen molar-refractivity contribution in [2.75, 3.05) is 0 Å².